The zero-order chi connectivity index (χ0) is 14.7. The Morgan fingerprint density at radius 2 is 1.95 bits per heavy atom. The predicted octanol–water partition coefficient (Wildman–Crippen LogP) is 3.51. The number of nitrogens with zero attached hydrogens (tertiary/aromatic N) is 3. The van der Waals surface area contributed by atoms with Crippen LogP contribution in [0.15, 0.2) is 53.1 Å². The zero-order valence-corrected chi connectivity index (χ0v) is 11.6. The first-order valence-electron chi connectivity index (χ1n) is 6.63. The monoisotopic (exact) mass is 275 g/mol. The normalized spacial score (nSPS) is 10.3. The SMILES string of the molecule is Cc1cccc(-c2noc(Cc3ccc(C#N)cc3)n2)c1. The molecule has 3 rings (SSSR count). The van der Waals surface area contributed by atoms with Gasteiger partial charge in [-0.1, -0.05) is 41.1 Å². The minimum absolute atomic E-state index is 0.560. The minimum atomic E-state index is 0.560. The maximum atomic E-state index is 8.78. The molecule has 0 amide bonds. The molecule has 0 bridgehead atoms. The van der Waals surface area contributed by atoms with Gasteiger partial charge in [-0.3, -0.25) is 0 Å². The molecule has 0 spiro atoms. The molecule has 2 aromatic carbocycles. The molecule has 21 heavy (non-hydrogen) atoms. The second-order valence-corrected chi connectivity index (χ2v) is 4.87. The van der Waals surface area contributed by atoms with E-state index in [1.807, 2.05) is 43.3 Å². The minimum Gasteiger partial charge on any atom is -0.339 e. The fraction of sp³-hybridized carbons (Fsp3) is 0.118. The summed E-state index contributed by atoms with van der Waals surface area (Å²) >= 11 is 0. The van der Waals surface area contributed by atoms with E-state index in [9.17, 15) is 0 Å². The molecule has 0 unspecified atom stereocenters. The molecule has 1 aromatic heterocycles. The molecule has 0 fully saturated rings. The van der Waals surface area contributed by atoms with Crippen LogP contribution in [0.25, 0.3) is 11.4 Å². The Hall–Kier alpha value is -2.93. The van der Waals surface area contributed by atoms with Gasteiger partial charge in [0.25, 0.3) is 0 Å². The summed E-state index contributed by atoms with van der Waals surface area (Å²) in [4.78, 5) is 4.42. The topological polar surface area (TPSA) is 62.7 Å². The second-order valence-electron chi connectivity index (χ2n) is 4.87. The lowest BCUT2D eigenvalue weighted by Crippen LogP contribution is -1.89. The van der Waals surface area contributed by atoms with Crippen LogP contribution in [0.1, 0.15) is 22.6 Å². The smallest absolute Gasteiger partial charge is 0.231 e. The lowest BCUT2D eigenvalue weighted by atomic mass is 10.1. The van der Waals surface area contributed by atoms with Gasteiger partial charge >= 0.3 is 0 Å². The third-order valence-corrected chi connectivity index (χ3v) is 3.18. The van der Waals surface area contributed by atoms with Crippen molar-refractivity contribution in [3.05, 3.63) is 71.1 Å². The highest BCUT2D eigenvalue weighted by Crippen LogP contribution is 2.18. The van der Waals surface area contributed by atoms with Crippen LogP contribution in [-0.2, 0) is 6.42 Å². The first-order valence-corrected chi connectivity index (χ1v) is 6.63. The Labute approximate surface area is 122 Å². The lowest BCUT2D eigenvalue weighted by molar-refractivity contribution is 0.385. The number of aromatic nitrogens is 2. The molecule has 0 saturated carbocycles. The quantitative estimate of drug-likeness (QED) is 0.733. The van der Waals surface area contributed by atoms with E-state index in [0.29, 0.717) is 23.7 Å². The third-order valence-electron chi connectivity index (χ3n) is 3.18. The molecule has 0 N–H and O–H groups in total. The molecule has 4 nitrogen and oxygen atoms in total. The summed E-state index contributed by atoms with van der Waals surface area (Å²) in [6.45, 7) is 2.03. The first-order chi connectivity index (χ1) is 10.2. The molecule has 1 heterocycles. The Balaban J connectivity index is 1.80. The van der Waals surface area contributed by atoms with Gasteiger partial charge in [0, 0.05) is 5.56 Å². The van der Waals surface area contributed by atoms with Crippen LogP contribution in [-0.4, -0.2) is 10.1 Å². The van der Waals surface area contributed by atoms with Gasteiger partial charge in [-0.2, -0.15) is 10.2 Å². The Bertz CT molecular complexity index is 797. The van der Waals surface area contributed by atoms with Gasteiger partial charge in [-0.15, -0.1) is 0 Å². The van der Waals surface area contributed by atoms with Crippen LogP contribution in [0.5, 0.6) is 0 Å². The molecule has 0 aliphatic heterocycles. The van der Waals surface area contributed by atoms with Crippen LogP contribution in [0, 0.1) is 18.3 Å². The molecular formula is C17H13N3O. The number of nitriles is 1. The number of benzene rings is 2. The van der Waals surface area contributed by atoms with Gasteiger partial charge in [-0.05, 0) is 30.7 Å². The molecule has 3 aromatic rings. The predicted molar refractivity (Wildman–Crippen MR) is 78.4 cm³/mol. The van der Waals surface area contributed by atoms with Crippen molar-refractivity contribution < 1.29 is 4.52 Å². The van der Waals surface area contributed by atoms with E-state index in [0.717, 1.165) is 16.7 Å². The van der Waals surface area contributed by atoms with Crippen LogP contribution in [0.3, 0.4) is 0 Å². The fourth-order valence-electron chi connectivity index (χ4n) is 2.10. The number of hydrogen-bond acceptors (Lipinski definition) is 4. The second kappa shape index (κ2) is 5.59. The average molecular weight is 275 g/mol. The number of hydrogen-bond donors (Lipinski definition) is 0. The molecule has 0 aliphatic carbocycles. The summed E-state index contributed by atoms with van der Waals surface area (Å²) < 4.78 is 5.29. The van der Waals surface area contributed by atoms with E-state index < -0.39 is 0 Å². The lowest BCUT2D eigenvalue weighted by Gasteiger charge is -1.96. The summed E-state index contributed by atoms with van der Waals surface area (Å²) in [6, 6.07) is 17.5. The maximum Gasteiger partial charge on any atom is 0.231 e. The fourth-order valence-corrected chi connectivity index (χ4v) is 2.10. The first kappa shape index (κ1) is 13.1. The van der Waals surface area contributed by atoms with E-state index in [-0.39, 0.29) is 0 Å². The summed E-state index contributed by atoms with van der Waals surface area (Å²) in [5.41, 5.74) is 3.79. The van der Waals surface area contributed by atoms with Gasteiger partial charge in [0.05, 0.1) is 18.1 Å². The highest BCUT2D eigenvalue weighted by atomic mass is 16.5. The molecule has 4 heteroatoms. The molecule has 0 saturated heterocycles. The van der Waals surface area contributed by atoms with E-state index >= 15 is 0 Å². The van der Waals surface area contributed by atoms with E-state index in [1.54, 1.807) is 12.1 Å². The number of rotatable bonds is 3. The van der Waals surface area contributed by atoms with Crippen molar-refractivity contribution in [2.75, 3.05) is 0 Å². The van der Waals surface area contributed by atoms with E-state index in [2.05, 4.69) is 16.2 Å². The van der Waals surface area contributed by atoms with Gasteiger partial charge in [0.15, 0.2) is 0 Å². The van der Waals surface area contributed by atoms with Crippen LogP contribution < -0.4 is 0 Å². The summed E-state index contributed by atoms with van der Waals surface area (Å²) in [7, 11) is 0. The van der Waals surface area contributed by atoms with Crippen molar-refractivity contribution in [1.82, 2.24) is 10.1 Å². The van der Waals surface area contributed by atoms with Crippen molar-refractivity contribution in [3.63, 3.8) is 0 Å². The Kier molecular flexibility index (Phi) is 3.48. The van der Waals surface area contributed by atoms with E-state index in [4.69, 9.17) is 9.78 Å². The average Bonchev–Trinajstić information content (AvgIpc) is 2.97. The van der Waals surface area contributed by atoms with Crippen molar-refractivity contribution in [3.8, 4) is 17.5 Å². The molecule has 102 valence electrons. The molecule has 0 atom stereocenters. The Morgan fingerprint density at radius 1 is 1.14 bits per heavy atom. The van der Waals surface area contributed by atoms with Crippen molar-refractivity contribution in [1.29, 1.82) is 5.26 Å². The van der Waals surface area contributed by atoms with Gasteiger partial charge in [-0.25, -0.2) is 0 Å². The van der Waals surface area contributed by atoms with E-state index in [1.165, 1.54) is 0 Å². The summed E-state index contributed by atoms with van der Waals surface area (Å²) in [5.74, 6) is 1.17. The highest BCUT2D eigenvalue weighted by molar-refractivity contribution is 5.55. The van der Waals surface area contributed by atoms with Gasteiger partial charge in [0.2, 0.25) is 11.7 Å². The maximum absolute atomic E-state index is 8.78. The van der Waals surface area contributed by atoms with Crippen molar-refractivity contribution in [2.45, 2.75) is 13.3 Å². The van der Waals surface area contributed by atoms with Gasteiger partial charge in [0.1, 0.15) is 0 Å². The third kappa shape index (κ3) is 2.98. The molecule has 0 aliphatic rings. The number of aryl methyl sites for hydroxylation is 1. The highest BCUT2D eigenvalue weighted by Gasteiger charge is 2.09. The Morgan fingerprint density at radius 3 is 2.67 bits per heavy atom. The standard InChI is InChI=1S/C17H13N3O/c1-12-3-2-4-15(9-12)17-19-16(21-20-17)10-13-5-7-14(11-18)8-6-13/h2-9H,10H2,1H3. The molecule has 0 radical (unpaired) electrons. The van der Waals surface area contributed by atoms with Crippen molar-refractivity contribution >= 4 is 0 Å². The molecular weight excluding hydrogens is 262 g/mol. The van der Waals surface area contributed by atoms with Crippen LogP contribution >= 0.6 is 0 Å². The van der Waals surface area contributed by atoms with Crippen LogP contribution in [0.2, 0.25) is 0 Å². The van der Waals surface area contributed by atoms with Gasteiger partial charge < -0.3 is 4.52 Å². The zero-order valence-electron chi connectivity index (χ0n) is 11.6. The van der Waals surface area contributed by atoms with Crippen LogP contribution in [0.4, 0.5) is 0 Å². The largest absolute Gasteiger partial charge is 0.339 e. The summed E-state index contributed by atoms with van der Waals surface area (Å²) in [6.07, 6.45) is 0.560. The van der Waals surface area contributed by atoms with Crippen molar-refractivity contribution in [2.24, 2.45) is 0 Å². The summed E-state index contributed by atoms with van der Waals surface area (Å²) in [5, 5.41) is 12.8.